The van der Waals surface area contributed by atoms with Gasteiger partial charge in [-0.3, -0.25) is 9.59 Å². The highest BCUT2D eigenvalue weighted by molar-refractivity contribution is 5.94. The van der Waals surface area contributed by atoms with Gasteiger partial charge in [0, 0.05) is 14.1 Å². The lowest BCUT2D eigenvalue weighted by Gasteiger charge is -2.35. The van der Waals surface area contributed by atoms with E-state index >= 15 is 0 Å². The summed E-state index contributed by atoms with van der Waals surface area (Å²) >= 11 is 0. The highest BCUT2D eigenvalue weighted by Gasteiger charge is 2.30. The Morgan fingerprint density at radius 2 is 2.05 bits per heavy atom. The van der Waals surface area contributed by atoms with Crippen molar-refractivity contribution in [2.45, 2.75) is 37.8 Å². The van der Waals surface area contributed by atoms with Crippen LogP contribution in [0.4, 0.5) is 0 Å². The maximum atomic E-state index is 12.3. The SMILES string of the molecule is CN(CC(=O)N(C)C1CCCCC1O)C(=O)c1ccco1. The first kappa shape index (κ1) is 15.6. The summed E-state index contributed by atoms with van der Waals surface area (Å²) in [6.45, 7) is -0.0285. The molecule has 2 rings (SSSR count). The zero-order chi connectivity index (χ0) is 15.4. The molecule has 0 aromatic carbocycles. The summed E-state index contributed by atoms with van der Waals surface area (Å²) in [6.07, 6.45) is 4.49. The van der Waals surface area contributed by atoms with Crippen LogP contribution in [0.1, 0.15) is 36.2 Å². The zero-order valence-corrected chi connectivity index (χ0v) is 12.5. The van der Waals surface area contributed by atoms with E-state index in [0.717, 1.165) is 25.7 Å². The summed E-state index contributed by atoms with van der Waals surface area (Å²) < 4.78 is 5.04. The second kappa shape index (κ2) is 6.76. The third kappa shape index (κ3) is 3.64. The minimum Gasteiger partial charge on any atom is -0.459 e. The molecule has 0 aliphatic heterocycles. The van der Waals surface area contributed by atoms with Crippen molar-refractivity contribution in [1.29, 1.82) is 0 Å². The van der Waals surface area contributed by atoms with Crippen LogP contribution in [0.15, 0.2) is 22.8 Å². The molecule has 1 saturated carbocycles. The number of aliphatic hydroxyl groups is 1. The van der Waals surface area contributed by atoms with Gasteiger partial charge >= 0.3 is 0 Å². The number of hydrogen-bond donors (Lipinski definition) is 1. The molecule has 0 saturated heterocycles. The average Bonchev–Trinajstić information content (AvgIpc) is 3.00. The molecule has 1 aromatic heterocycles. The van der Waals surface area contributed by atoms with Gasteiger partial charge in [-0.2, -0.15) is 0 Å². The second-order valence-corrected chi connectivity index (χ2v) is 5.56. The smallest absolute Gasteiger partial charge is 0.289 e. The van der Waals surface area contributed by atoms with Crippen LogP contribution in [-0.4, -0.2) is 59.5 Å². The highest BCUT2D eigenvalue weighted by Crippen LogP contribution is 2.22. The van der Waals surface area contributed by atoms with Crippen LogP contribution in [0.5, 0.6) is 0 Å². The molecule has 0 bridgehead atoms. The van der Waals surface area contributed by atoms with E-state index in [-0.39, 0.29) is 30.2 Å². The first-order valence-electron chi connectivity index (χ1n) is 7.23. The molecule has 0 radical (unpaired) electrons. The number of carbonyl (C=O) groups is 2. The van der Waals surface area contributed by atoms with Crippen molar-refractivity contribution < 1.29 is 19.1 Å². The quantitative estimate of drug-likeness (QED) is 0.903. The first-order chi connectivity index (χ1) is 10.0. The van der Waals surface area contributed by atoms with E-state index in [4.69, 9.17) is 4.42 Å². The largest absolute Gasteiger partial charge is 0.459 e. The molecular weight excluding hydrogens is 272 g/mol. The van der Waals surface area contributed by atoms with Gasteiger partial charge in [-0.05, 0) is 25.0 Å². The minimum absolute atomic E-state index is 0.0285. The molecule has 2 unspecified atom stereocenters. The maximum absolute atomic E-state index is 12.3. The standard InChI is InChI=1S/C15H22N2O4/c1-16(15(20)13-8-5-9-21-13)10-14(19)17(2)11-6-3-4-7-12(11)18/h5,8-9,11-12,18H,3-4,6-7,10H2,1-2H3. The summed E-state index contributed by atoms with van der Waals surface area (Å²) in [4.78, 5) is 27.2. The van der Waals surface area contributed by atoms with Crippen molar-refractivity contribution >= 4 is 11.8 Å². The van der Waals surface area contributed by atoms with Crippen LogP contribution in [-0.2, 0) is 4.79 Å². The number of rotatable bonds is 4. The Labute approximate surface area is 124 Å². The molecule has 1 heterocycles. The van der Waals surface area contributed by atoms with E-state index in [1.807, 2.05) is 0 Å². The lowest BCUT2D eigenvalue weighted by molar-refractivity contribution is -0.135. The van der Waals surface area contributed by atoms with Crippen LogP contribution in [0.25, 0.3) is 0 Å². The summed E-state index contributed by atoms with van der Waals surface area (Å²) in [5.41, 5.74) is 0. The lowest BCUT2D eigenvalue weighted by atomic mass is 9.91. The van der Waals surface area contributed by atoms with Crippen molar-refractivity contribution in [2.24, 2.45) is 0 Å². The molecule has 1 aromatic rings. The number of aliphatic hydroxyl groups excluding tert-OH is 1. The van der Waals surface area contributed by atoms with Crippen LogP contribution in [0.2, 0.25) is 0 Å². The van der Waals surface area contributed by atoms with E-state index < -0.39 is 6.10 Å². The molecule has 6 nitrogen and oxygen atoms in total. The second-order valence-electron chi connectivity index (χ2n) is 5.56. The van der Waals surface area contributed by atoms with E-state index in [2.05, 4.69) is 0 Å². The fourth-order valence-electron chi connectivity index (χ4n) is 2.70. The summed E-state index contributed by atoms with van der Waals surface area (Å²) in [7, 11) is 3.25. The first-order valence-corrected chi connectivity index (χ1v) is 7.23. The van der Waals surface area contributed by atoms with Gasteiger partial charge in [0.15, 0.2) is 5.76 Å². The number of furan rings is 1. The lowest BCUT2D eigenvalue weighted by Crippen LogP contribution is -2.49. The van der Waals surface area contributed by atoms with Gasteiger partial charge in [0.25, 0.3) is 5.91 Å². The van der Waals surface area contributed by atoms with Gasteiger partial charge in [0.05, 0.1) is 25.0 Å². The van der Waals surface area contributed by atoms with Crippen molar-refractivity contribution in [3.05, 3.63) is 24.2 Å². The molecular formula is C15H22N2O4. The maximum Gasteiger partial charge on any atom is 0.289 e. The number of carbonyl (C=O) groups excluding carboxylic acids is 2. The van der Waals surface area contributed by atoms with Gasteiger partial charge < -0.3 is 19.3 Å². The van der Waals surface area contributed by atoms with E-state index in [0.29, 0.717) is 0 Å². The highest BCUT2D eigenvalue weighted by atomic mass is 16.3. The number of likely N-dealkylation sites (N-methyl/N-ethyl adjacent to an activating group) is 2. The monoisotopic (exact) mass is 294 g/mol. The molecule has 2 atom stereocenters. The summed E-state index contributed by atoms with van der Waals surface area (Å²) in [5, 5.41) is 9.99. The van der Waals surface area contributed by atoms with Gasteiger partial charge in [0.1, 0.15) is 0 Å². The van der Waals surface area contributed by atoms with Crippen molar-refractivity contribution in [1.82, 2.24) is 9.80 Å². The third-order valence-electron chi connectivity index (χ3n) is 4.04. The molecule has 0 spiro atoms. The van der Waals surface area contributed by atoms with Crippen LogP contribution < -0.4 is 0 Å². The fourth-order valence-corrected chi connectivity index (χ4v) is 2.70. The van der Waals surface area contributed by atoms with Crippen LogP contribution in [0, 0.1) is 0 Å². The Balaban J connectivity index is 1.92. The van der Waals surface area contributed by atoms with Gasteiger partial charge in [-0.25, -0.2) is 0 Å². The van der Waals surface area contributed by atoms with Crippen molar-refractivity contribution in [3.8, 4) is 0 Å². The predicted octanol–water partition coefficient (Wildman–Crippen LogP) is 1.11. The Bertz CT molecular complexity index is 486. The average molecular weight is 294 g/mol. The van der Waals surface area contributed by atoms with Gasteiger partial charge in [-0.1, -0.05) is 12.8 Å². The molecule has 1 N–H and O–H groups in total. The van der Waals surface area contributed by atoms with Crippen molar-refractivity contribution in [3.63, 3.8) is 0 Å². The molecule has 116 valence electrons. The molecule has 1 fully saturated rings. The fraction of sp³-hybridized carbons (Fsp3) is 0.600. The normalized spacial score (nSPS) is 21.9. The molecule has 2 amide bonds. The number of hydrogen-bond acceptors (Lipinski definition) is 4. The molecule has 1 aliphatic rings. The number of nitrogens with zero attached hydrogens (tertiary/aromatic N) is 2. The minimum atomic E-state index is -0.473. The van der Waals surface area contributed by atoms with Crippen molar-refractivity contribution in [2.75, 3.05) is 20.6 Å². The molecule has 6 heteroatoms. The van der Waals surface area contributed by atoms with E-state index in [1.165, 1.54) is 11.2 Å². The Hall–Kier alpha value is -1.82. The number of amides is 2. The Morgan fingerprint density at radius 1 is 1.33 bits per heavy atom. The Kier molecular flexibility index (Phi) is 5.01. The van der Waals surface area contributed by atoms with Gasteiger partial charge in [0.2, 0.25) is 5.91 Å². The van der Waals surface area contributed by atoms with E-state index in [1.54, 1.807) is 31.1 Å². The summed E-state index contributed by atoms with van der Waals surface area (Å²) in [6, 6.07) is 3.05. The zero-order valence-electron chi connectivity index (χ0n) is 12.5. The van der Waals surface area contributed by atoms with E-state index in [9.17, 15) is 14.7 Å². The van der Waals surface area contributed by atoms with Crippen LogP contribution in [0.3, 0.4) is 0 Å². The third-order valence-corrected chi connectivity index (χ3v) is 4.04. The Morgan fingerprint density at radius 3 is 2.67 bits per heavy atom. The molecule has 21 heavy (non-hydrogen) atoms. The molecule has 1 aliphatic carbocycles. The van der Waals surface area contributed by atoms with Crippen LogP contribution >= 0.6 is 0 Å². The summed E-state index contributed by atoms with van der Waals surface area (Å²) in [5.74, 6) is -0.292. The topological polar surface area (TPSA) is 74.0 Å². The van der Waals surface area contributed by atoms with Gasteiger partial charge in [-0.15, -0.1) is 0 Å². The predicted molar refractivity (Wildman–Crippen MR) is 76.7 cm³/mol.